The number of esters is 2. The van der Waals surface area contributed by atoms with Crippen molar-refractivity contribution in [3.8, 4) is 0 Å². The van der Waals surface area contributed by atoms with Crippen molar-refractivity contribution in [2.45, 2.75) is 39.2 Å². The van der Waals surface area contributed by atoms with Gasteiger partial charge in [-0.2, -0.15) is 0 Å². The molecule has 0 aromatic heterocycles. The molecule has 7 heteroatoms. The molecular weight excluding hydrogens is 288 g/mol. The SMILES string of the molecule is CCOC(=O)C1=CNC2=CCCC(C)(C(=O)OCC)N2C1=O. The molecule has 1 unspecified atom stereocenters. The quantitative estimate of drug-likeness (QED) is 0.611. The number of carbonyl (C=O) groups excluding carboxylic acids is 3. The third-order valence-electron chi connectivity index (χ3n) is 3.71. The van der Waals surface area contributed by atoms with E-state index >= 15 is 0 Å². The van der Waals surface area contributed by atoms with Gasteiger partial charge in [-0.3, -0.25) is 9.69 Å². The van der Waals surface area contributed by atoms with Crippen LogP contribution in [0.3, 0.4) is 0 Å². The summed E-state index contributed by atoms with van der Waals surface area (Å²) >= 11 is 0. The number of allylic oxidation sites excluding steroid dienone is 1. The van der Waals surface area contributed by atoms with Crippen molar-refractivity contribution in [1.82, 2.24) is 10.2 Å². The van der Waals surface area contributed by atoms with Crippen LogP contribution in [0.25, 0.3) is 0 Å². The van der Waals surface area contributed by atoms with Crippen LogP contribution in [0.4, 0.5) is 0 Å². The maximum absolute atomic E-state index is 12.7. The van der Waals surface area contributed by atoms with E-state index in [0.717, 1.165) is 0 Å². The van der Waals surface area contributed by atoms with E-state index in [1.165, 1.54) is 11.1 Å². The van der Waals surface area contributed by atoms with Gasteiger partial charge in [0.25, 0.3) is 5.91 Å². The fourth-order valence-electron chi connectivity index (χ4n) is 2.58. The molecule has 0 bridgehead atoms. The molecule has 7 nitrogen and oxygen atoms in total. The number of hydrogen-bond acceptors (Lipinski definition) is 6. The molecule has 2 rings (SSSR count). The zero-order valence-corrected chi connectivity index (χ0v) is 13.0. The first kappa shape index (κ1) is 16.1. The van der Waals surface area contributed by atoms with Crippen LogP contribution >= 0.6 is 0 Å². The predicted molar refractivity (Wildman–Crippen MR) is 77.1 cm³/mol. The van der Waals surface area contributed by atoms with Crippen molar-refractivity contribution in [1.29, 1.82) is 0 Å². The highest BCUT2D eigenvalue weighted by Gasteiger charge is 2.49. The second-order valence-corrected chi connectivity index (χ2v) is 5.19. The van der Waals surface area contributed by atoms with Crippen LogP contribution in [0.2, 0.25) is 0 Å². The van der Waals surface area contributed by atoms with Crippen LogP contribution in [0.1, 0.15) is 33.6 Å². The van der Waals surface area contributed by atoms with Gasteiger partial charge in [-0.1, -0.05) is 0 Å². The standard InChI is InChI=1S/C15H20N2O5/c1-4-21-13(19)10-9-16-11-7-6-8-15(3,14(20)22-5-2)17(11)12(10)18/h7,9,16H,4-6,8H2,1-3H3. The van der Waals surface area contributed by atoms with Crippen molar-refractivity contribution >= 4 is 17.8 Å². The summed E-state index contributed by atoms with van der Waals surface area (Å²) in [6, 6.07) is 0. The Balaban J connectivity index is 2.36. The molecule has 0 radical (unpaired) electrons. The smallest absolute Gasteiger partial charge is 0.345 e. The number of fused-ring (bicyclic) bond motifs is 1. The lowest BCUT2D eigenvalue weighted by Gasteiger charge is -2.44. The molecule has 2 heterocycles. The maximum atomic E-state index is 12.7. The fourth-order valence-corrected chi connectivity index (χ4v) is 2.58. The van der Waals surface area contributed by atoms with Crippen LogP contribution in [0.15, 0.2) is 23.7 Å². The fraction of sp³-hybridized carbons (Fsp3) is 0.533. The Morgan fingerprint density at radius 2 is 2.00 bits per heavy atom. The topological polar surface area (TPSA) is 84.9 Å². The van der Waals surface area contributed by atoms with Crippen molar-refractivity contribution in [3.63, 3.8) is 0 Å². The Morgan fingerprint density at radius 3 is 2.64 bits per heavy atom. The Bertz CT molecular complexity index is 566. The van der Waals surface area contributed by atoms with Gasteiger partial charge in [0.1, 0.15) is 16.9 Å². The van der Waals surface area contributed by atoms with E-state index in [1.54, 1.807) is 20.8 Å². The normalized spacial score (nSPS) is 23.8. The maximum Gasteiger partial charge on any atom is 0.345 e. The van der Waals surface area contributed by atoms with Crippen molar-refractivity contribution in [2.24, 2.45) is 0 Å². The zero-order valence-electron chi connectivity index (χ0n) is 13.0. The Hall–Kier alpha value is -2.31. The summed E-state index contributed by atoms with van der Waals surface area (Å²) < 4.78 is 9.98. The van der Waals surface area contributed by atoms with Crippen LogP contribution in [0.5, 0.6) is 0 Å². The van der Waals surface area contributed by atoms with Crippen molar-refractivity contribution < 1.29 is 23.9 Å². The minimum Gasteiger partial charge on any atom is -0.464 e. The molecule has 0 aliphatic carbocycles. The minimum atomic E-state index is -1.14. The zero-order chi connectivity index (χ0) is 16.3. The highest BCUT2D eigenvalue weighted by atomic mass is 16.5. The van der Waals surface area contributed by atoms with E-state index in [-0.39, 0.29) is 18.8 Å². The number of carbonyl (C=O) groups is 3. The summed E-state index contributed by atoms with van der Waals surface area (Å²) in [4.78, 5) is 38.2. The predicted octanol–water partition coefficient (Wildman–Crippen LogP) is 0.822. The van der Waals surface area contributed by atoms with Gasteiger partial charge in [-0.15, -0.1) is 0 Å². The van der Waals surface area contributed by atoms with Gasteiger partial charge in [-0.05, 0) is 39.7 Å². The second kappa shape index (κ2) is 6.21. The summed E-state index contributed by atoms with van der Waals surface area (Å²) in [7, 11) is 0. The first-order chi connectivity index (χ1) is 10.5. The molecular formula is C15H20N2O5. The number of nitrogens with zero attached hydrogens (tertiary/aromatic N) is 1. The summed E-state index contributed by atoms with van der Waals surface area (Å²) in [6.07, 6.45) is 4.19. The molecule has 1 N–H and O–H groups in total. The molecule has 0 fully saturated rings. The van der Waals surface area contributed by atoms with E-state index in [0.29, 0.717) is 18.7 Å². The van der Waals surface area contributed by atoms with Gasteiger partial charge in [0.05, 0.1) is 13.2 Å². The molecule has 1 atom stereocenters. The van der Waals surface area contributed by atoms with Gasteiger partial charge in [0, 0.05) is 6.20 Å². The molecule has 0 saturated carbocycles. The van der Waals surface area contributed by atoms with E-state index in [2.05, 4.69) is 5.32 Å². The number of hydrogen-bond donors (Lipinski definition) is 1. The molecule has 0 aromatic rings. The van der Waals surface area contributed by atoms with Gasteiger partial charge in [-0.25, -0.2) is 9.59 Å². The molecule has 120 valence electrons. The monoisotopic (exact) mass is 308 g/mol. The van der Waals surface area contributed by atoms with Crippen molar-refractivity contribution in [3.05, 3.63) is 23.7 Å². The van der Waals surface area contributed by atoms with Gasteiger partial charge in [0.2, 0.25) is 0 Å². The molecule has 1 amide bonds. The first-order valence-electron chi connectivity index (χ1n) is 7.31. The van der Waals surface area contributed by atoms with Gasteiger partial charge < -0.3 is 14.8 Å². The Morgan fingerprint density at radius 1 is 1.32 bits per heavy atom. The number of ether oxygens (including phenoxy) is 2. The minimum absolute atomic E-state index is 0.128. The van der Waals surface area contributed by atoms with Crippen LogP contribution in [-0.2, 0) is 23.9 Å². The molecule has 2 aliphatic rings. The van der Waals surface area contributed by atoms with E-state index < -0.39 is 23.4 Å². The van der Waals surface area contributed by atoms with Crippen LogP contribution < -0.4 is 5.32 Å². The molecule has 0 spiro atoms. The first-order valence-corrected chi connectivity index (χ1v) is 7.31. The third-order valence-corrected chi connectivity index (χ3v) is 3.71. The van der Waals surface area contributed by atoms with Crippen LogP contribution in [0, 0.1) is 0 Å². The lowest BCUT2D eigenvalue weighted by atomic mass is 9.88. The van der Waals surface area contributed by atoms with Gasteiger partial charge >= 0.3 is 11.9 Å². The summed E-state index contributed by atoms with van der Waals surface area (Å²) in [6.45, 7) is 5.41. The molecule has 2 aliphatic heterocycles. The number of rotatable bonds is 4. The van der Waals surface area contributed by atoms with E-state index in [4.69, 9.17) is 9.47 Å². The summed E-state index contributed by atoms with van der Waals surface area (Å²) in [5, 5.41) is 2.89. The lowest BCUT2D eigenvalue weighted by Crippen LogP contribution is -2.60. The average molecular weight is 308 g/mol. The third kappa shape index (κ3) is 2.58. The molecule has 22 heavy (non-hydrogen) atoms. The second-order valence-electron chi connectivity index (χ2n) is 5.19. The lowest BCUT2D eigenvalue weighted by molar-refractivity contribution is -0.162. The summed E-state index contributed by atoms with van der Waals surface area (Å²) in [5.41, 5.74) is -1.27. The Kier molecular flexibility index (Phi) is 4.54. The molecule has 0 saturated heterocycles. The number of amides is 1. The highest BCUT2D eigenvalue weighted by Crippen LogP contribution is 2.34. The van der Waals surface area contributed by atoms with Gasteiger partial charge in [0.15, 0.2) is 0 Å². The molecule has 0 aromatic carbocycles. The van der Waals surface area contributed by atoms with Crippen LogP contribution in [-0.4, -0.2) is 41.5 Å². The largest absolute Gasteiger partial charge is 0.464 e. The average Bonchev–Trinajstić information content (AvgIpc) is 2.48. The van der Waals surface area contributed by atoms with Crippen molar-refractivity contribution in [2.75, 3.05) is 13.2 Å². The number of nitrogens with one attached hydrogen (secondary N) is 1. The van der Waals surface area contributed by atoms with E-state index in [9.17, 15) is 14.4 Å². The Labute approximate surface area is 128 Å². The highest BCUT2D eigenvalue weighted by molar-refractivity contribution is 6.18. The summed E-state index contributed by atoms with van der Waals surface area (Å²) in [5.74, 6) is -1.27. The van der Waals surface area contributed by atoms with E-state index in [1.807, 2.05) is 6.08 Å².